The lowest BCUT2D eigenvalue weighted by molar-refractivity contribution is 0.0951. The third kappa shape index (κ3) is 3.25. The molecule has 3 N–H and O–H groups in total. The number of hydrogen-bond donors (Lipinski definition) is 2. The van der Waals surface area contributed by atoms with E-state index in [4.69, 9.17) is 10.5 Å². The number of carbonyl (C=O) groups excluding carboxylic acids is 1. The van der Waals surface area contributed by atoms with E-state index < -0.39 is 5.82 Å². The van der Waals surface area contributed by atoms with Crippen molar-refractivity contribution < 1.29 is 13.9 Å². The van der Waals surface area contributed by atoms with Crippen molar-refractivity contribution in [2.75, 3.05) is 19.4 Å². The molecule has 7 heteroatoms. The number of halogens is 1. The Morgan fingerprint density at radius 3 is 2.95 bits per heavy atom. The Bertz CT molecular complexity index is 612. The Kier molecular flexibility index (Phi) is 4.19. The average molecular weight is 278 g/mol. The monoisotopic (exact) mass is 278 g/mol. The Labute approximate surface area is 115 Å². The zero-order valence-corrected chi connectivity index (χ0v) is 11.0. The van der Waals surface area contributed by atoms with E-state index in [-0.39, 0.29) is 17.2 Å². The molecule has 0 aliphatic carbocycles. The first kappa shape index (κ1) is 13.9. The van der Waals surface area contributed by atoms with Crippen molar-refractivity contribution in [1.29, 1.82) is 0 Å². The van der Waals surface area contributed by atoms with Crippen LogP contribution in [0.2, 0.25) is 0 Å². The predicted octanol–water partition coefficient (Wildman–Crippen LogP) is 1.04. The van der Waals surface area contributed by atoms with Gasteiger partial charge in [-0.25, -0.2) is 4.39 Å². The molecule has 0 atom stereocenters. The molecule has 0 saturated carbocycles. The molecule has 0 bridgehead atoms. The molecule has 0 radical (unpaired) electrons. The SMILES string of the molecule is COc1ccc(C(=O)NCCn2cc(N)cn2)cc1F. The van der Waals surface area contributed by atoms with Gasteiger partial charge in [-0.3, -0.25) is 9.48 Å². The van der Waals surface area contributed by atoms with Crippen molar-refractivity contribution >= 4 is 11.6 Å². The number of nitrogen functional groups attached to an aromatic ring is 1. The Morgan fingerprint density at radius 2 is 2.35 bits per heavy atom. The van der Waals surface area contributed by atoms with Crippen LogP contribution in [0.1, 0.15) is 10.4 Å². The molecule has 20 heavy (non-hydrogen) atoms. The van der Waals surface area contributed by atoms with Crippen molar-refractivity contribution in [2.24, 2.45) is 0 Å². The molecule has 6 nitrogen and oxygen atoms in total. The van der Waals surface area contributed by atoms with E-state index in [9.17, 15) is 9.18 Å². The van der Waals surface area contributed by atoms with Crippen molar-refractivity contribution in [3.8, 4) is 5.75 Å². The molecule has 1 aromatic heterocycles. The van der Waals surface area contributed by atoms with Gasteiger partial charge >= 0.3 is 0 Å². The van der Waals surface area contributed by atoms with Crippen LogP contribution in [0.15, 0.2) is 30.6 Å². The number of hydrogen-bond acceptors (Lipinski definition) is 4. The van der Waals surface area contributed by atoms with Gasteiger partial charge in [0, 0.05) is 18.3 Å². The molecule has 0 unspecified atom stereocenters. The summed E-state index contributed by atoms with van der Waals surface area (Å²) in [6, 6.07) is 4.06. The number of nitrogens with one attached hydrogen (secondary N) is 1. The Balaban J connectivity index is 1.90. The largest absolute Gasteiger partial charge is 0.494 e. The Hall–Kier alpha value is -2.57. The highest BCUT2D eigenvalue weighted by atomic mass is 19.1. The van der Waals surface area contributed by atoms with Gasteiger partial charge in [-0.1, -0.05) is 0 Å². The zero-order valence-electron chi connectivity index (χ0n) is 11.0. The summed E-state index contributed by atoms with van der Waals surface area (Å²) >= 11 is 0. The smallest absolute Gasteiger partial charge is 0.251 e. The molecule has 0 aliphatic rings. The molecule has 1 heterocycles. The maximum atomic E-state index is 13.5. The van der Waals surface area contributed by atoms with Crippen molar-refractivity contribution in [2.45, 2.75) is 6.54 Å². The van der Waals surface area contributed by atoms with Crippen molar-refractivity contribution in [3.63, 3.8) is 0 Å². The van der Waals surface area contributed by atoms with Crippen molar-refractivity contribution in [1.82, 2.24) is 15.1 Å². The summed E-state index contributed by atoms with van der Waals surface area (Å²) in [6.07, 6.45) is 3.19. The maximum Gasteiger partial charge on any atom is 0.251 e. The molecule has 106 valence electrons. The normalized spacial score (nSPS) is 10.3. The summed E-state index contributed by atoms with van der Waals surface area (Å²) in [6.45, 7) is 0.856. The average Bonchev–Trinajstić information content (AvgIpc) is 2.84. The molecular weight excluding hydrogens is 263 g/mol. The van der Waals surface area contributed by atoms with Gasteiger partial charge in [0.25, 0.3) is 5.91 Å². The first-order chi connectivity index (χ1) is 9.60. The number of anilines is 1. The van der Waals surface area contributed by atoms with E-state index in [0.29, 0.717) is 18.8 Å². The highest BCUT2D eigenvalue weighted by Gasteiger charge is 2.09. The highest BCUT2D eigenvalue weighted by molar-refractivity contribution is 5.94. The lowest BCUT2D eigenvalue weighted by Gasteiger charge is -2.07. The van der Waals surface area contributed by atoms with Crippen LogP contribution >= 0.6 is 0 Å². The summed E-state index contributed by atoms with van der Waals surface area (Å²) in [7, 11) is 1.37. The van der Waals surface area contributed by atoms with E-state index in [1.807, 2.05) is 0 Å². The summed E-state index contributed by atoms with van der Waals surface area (Å²) in [5.74, 6) is -0.819. The van der Waals surface area contributed by atoms with Crippen LogP contribution in [-0.2, 0) is 6.54 Å². The molecular formula is C13H15FN4O2. The zero-order chi connectivity index (χ0) is 14.5. The minimum absolute atomic E-state index is 0.105. The van der Waals surface area contributed by atoms with Gasteiger partial charge in [0.05, 0.1) is 25.5 Å². The predicted molar refractivity (Wildman–Crippen MR) is 71.9 cm³/mol. The van der Waals surface area contributed by atoms with Crippen LogP contribution in [-0.4, -0.2) is 29.3 Å². The highest BCUT2D eigenvalue weighted by Crippen LogP contribution is 2.17. The van der Waals surface area contributed by atoms with Gasteiger partial charge in [-0.05, 0) is 18.2 Å². The first-order valence-corrected chi connectivity index (χ1v) is 6.00. The van der Waals surface area contributed by atoms with Gasteiger partial charge < -0.3 is 15.8 Å². The van der Waals surface area contributed by atoms with Crippen molar-refractivity contribution in [3.05, 3.63) is 42.0 Å². The first-order valence-electron chi connectivity index (χ1n) is 6.00. The third-order valence-electron chi connectivity index (χ3n) is 2.69. The molecule has 1 amide bonds. The van der Waals surface area contributed by atoms with Crippen LogP contribution in [0.3, 0.4) is 0 Å². The summed E-state index contributed by atoms with van der Waals surface area (Å²) < 4.78 is 19.9. The van der Waals surface area contributed by atoms with E-state index >= 15 is 0 Å². The number of ether oxygens (including phenoxy) is 1. The molecule has 0 fully saturated rings. The fourth-order valence-corrected chi connectivity index (χ4v) is 1.70. The fraction of sp³-hybridized carbons (Fsp3) is 0.231. The lowest BCUT2D eigenvalue weighted by atomic mass is 10.2. The van der Waals surface area contributed by atoms with Crippen LogP contribution in [0.25, 0.3) is 0 Å². The number of aromatic nitrogens is 2. The van der Waals surface area contributed by atoms with Gasteiger partial charge in [0.1, 0.15) is 0 Å². The number of amides is 1. The molecule has 0 saturated heterocycles. The maximum absolute atomic E-state index is 13.5. The third-order valence-corrected chi connectivity index (χ3v) is 2.69. The standard InChI is InChI=1S/C13H15FN4O2/c1-20-12-3-2-9(6-11(12)14)13(19)16-4-5-18-8-10(15)7-17-18/h2-3,6-8H,4-5,15H2,1H3,(H,16,19). The van der Waals surface area contributed by atoms with E-state index in [1.165, 1.54) is 25.4 Å². The number of rotatable bonds is 5. The quantitative estimate of drug-likeness (QED) is 0.856. The van der Waals surface area contributed by atoms with Gasteiger partial charge in [-0.15, -0.1) is 0 Å². The minimum Gasteiger partial charge on any atom is -0.494 e. The number of carbonyl (C=O) groups is 1. The fourth-order valence-electron chi connectivity index (χ4n) is 1.70. The molecule has 0 spiro atoms. The second-order valence-corrected chi connectivity index (χ2v) is 4.14. The topological polar surface area (TPSA) is 82.2 Å². The Morgan fingerprint density at radius 1 is 1.55 bits per heavy atom. The summed E-state index contributed by atoms with van der Waals surface area (Å²) in [4.78, 5) is 11.8. The molecule has 2 aromatic rings. The van der Waals surface area contributed by atoms with E-state index in [2.05, 4.69) is 10.4 Å². The van der Waals surface area contributed by atoms with Crippen LogP contribution in [0.5, 0.6) is 5.75 Å². The van der Waals surface area contributed by atoms with E-state index in [1.54, 1.807) is 10.9 Å². The number of nitrogens with two attached hydrogens (primary N) is 1. The van der Waals surface area contributed by atoms with E-state index in [0.717, 1.165) is 6.07 Å². The number of nitrogens with zero attached hydrogens (tertiary/aromatic N) is 2. The van der Waals surface area contributed by atoms with Gasteiger partial charge in [-0.2, -0.15) is 5.10 Å². The second-order valence-electron chi connectivity index (χ2n) is 4.14. The van der Waals surface area contributed by atoms with Crippen LogP contribution in [0, 0.1) is 5.82 Å². The lowest BCUT2D eigenvalue weighted by Crippen LogP contribution is -2.27. The number of benzene rings is 1. The second kappa shape index (κ2) is 6.05. The number of methoxy groups -OCH3 is 1. The minimum atomic E-state index is -0.569. The van der Waals surface area contributed by atoms with Crippen LogP contribution < -0.4 is 15.8 Å². The molecule has 1 aromatic carbocycles. The molecule has 2 rings (SSSR count). The van der Waals surface area contributed by atoms with Gasteiger partial charge in [0.2, 0.25) is 0 Å². The molecule has 0 aliphatic heterocycles. The van der Waals surface area contributed by atoms with Crippen LogP contribution in [0.4, 0.5) is 10.1 Å². The van der Waals surface area contributed by atoms with Gasteiger partial charge in [0.15, 0.2) is 11.6 Å². The summed E-state index contributed by atoms with van der Waals surface area (Å²) in [5.41, 5.74) is 6.32. The summed E-state index contributed by atoms with van der Waals surface area (Å²) in [5, 5.41) is 6.66.